The third-order valence-corrected chi connectivity index (χ3v) is 4.78. The quantitative estimate of drug-likeness (QED) is 0.804. The van der Waals surface area contributed by atoms with Crippen LogP contribution in [0.5, 0.6) is 0 Å². The summed E-state index contributed by atoms with van der Waals surface area (Å²) in [5.41, 5.74) is 0. The summed E-state index contributed by atoms with van der Waals surface area (Å²) in [4.78, 5) is 22.3. The lowest BCUT2D eigenvalue weighted by Gasteiger charge is -2.37. The fourth-order valence-corrected chi connectivity index (χ4v) is 3.67. The van der Waals surface area contributed by atoms with E-state index in [4.69, 9.17) is 5.11 Å². The van der Waals surface area contributed by atoms with Crippen LogP contribution in [-0.4, -0.2) is 16.9 Å². The highest BCUT2D eigenvalue weighted by Crippen LogP contribution is 2.41. The van der Waals surface area contributed by atoms with Gasteiger partial charge in [0.15, 0.2) is 0 Å². The molecule has 3 heteroatoms. The maximum absolute atomic E-state index is 11.2. The number of hydrogen-bond donors (Lipinski definition) is 1. The van der Waals surface area contributed by atoms with Crippen LogP contribution in [0.15, 0.2) is 0 Å². The van der Waals surface area contributed by atoms with Gasteiger partial charge in [-0.05, 0) is 49.9 Å². The highest BCUT2D eigenvalue weighted by Gasteiger charge is 2.36. The van der Waals surface area contributed by atoms with Gasteiger partial charge in [0.05, 0.1) is 5.92 Å². The number of carbonyl (C=O) groups is 2. The van der Waals surface area contributed by atoms with E-state index in [-0.39, 0.29) is 5.92 Å². The fourth-order valence-electron chi connectivity index (χ4n) is 3.67. The lowest BCUT2D eigenvalue weighted by Crippen LogP contribution is -2.33. The first-order valence-corrected chi connectivity index (χ1v) is 6.82. The van der Waals surface area contributed by atoms with E-state index in [0.29, 0.717) is 23.5 Å². The molecule has 0 aromatic heterocycles. The Morgan fingerprint density at radius 2 is 1.76 bits per heavy atom. The summed E-state index contributed by atoms with van der Waals surface area (Å²) in [5, 5.41) is 9.10. The Bertz CT molecular complexity index is 301. The molecule has 0 unspecified atom stereocenters. The van der Waals surface area contributed by atoms with Crippen molar-refractivity contribution in [2.24, 2.45) is 23.7 Å². The molecule has 2 rings (SSSR count). The molecule has 17 heavy (non-hydrogen) atoms. The van der Waals surface area contributed by atoms with Gasteiger partial charge in [0.25, 0.3) is 0 Å². The number of carbonyl (C=O) groups excluding carboxylic acids is 1. The molecule has 3 atom stereocenters. The van der Waals surface area contributed by atoms with Crippen molar-refractivity contribution in [3.8, 4) is 0 Å². The molecule has 2 fully saturated rings. The van der Waals surface area contributed by atoms with Crippen molar-refractivity contribution in [1.29, 1.82) is 0 Å². The lowest BCUT2D eigenvalue weighted by molar-refractivity contribution is -0.145. The molecular weight excluding hydrogens is 216 g/mol. The van der Waals surface area contributed by atoms with Crippen LogP contribution >= 0.6 is 0 Å². The minimum atomic E-state index is -0.630. The predicted molar refractivity (Wildman–Crippen MR) is 64.6 cm³/mol. The van der Waals surface area contributed by atoms with Crippen LogP contribution in [0.3, 0.4) is 0 Å². The molecule has 0 spiro atoms. The van der Waals surface area contributed by atoms with Crippen molar-refractivity contribution in [3.05, 3.63) is 0 Å². The number of Topliss-reactive ketones (excluding diaryl/α,β-unsaturated/α-hetero) is 1. The number of rotatable bonds is 2. The number of ketones is 1. The normalized spacial score (nSPS) is 35.8. The zero-order valence-electron chi connectivity index (χ0n) is 10.5. The first-order chi connectivity index (χ1) is 8.08. The highest BCUT2D eigenvalue weighted by molar-refractivity contribution is 5.79. The van der Waals surface area contributed by atoms with E-state index in [9.17, 15) is 9.59 Å². The summed E-state index contributed by atoms with van der Waals surface area (Å²) in [6.07, 6.45) is 6.47. The second-order valence-electron chi connectivity index (χ2n) is 5.87. The average molecular weight is 238 g/mol. The van der Waals surface area contributed by atoms with Crippen molar-refractivity contribution in [2.75, 3.05) is 0 Å². The first-order valence-electron chi connectivity index (χ1n) is 6.82. The zero-order chi connectivity index (χ0) is 12.4. The predicted octanol–water partition coefficient (Wildman–Crippen LogP) is 2.88. The molecule has 96 valence electrons. The second-order valence-corrected chi connectivity index (χ2v) is 5.87. The average Bonchev–Trinajstić information content (AvgIpc) is 2.29. The largest absolute Gasteiger partial charge is 0.481 e. The van der Waals surface area contributed by atoms with Crippen LogP contribution in [0, 0.1) is 23.7 Å². The van der Waals surface area contributed by atoms with E-state index in [0.717, 1.165) is 44.9 Å². The van der Waals surface area contributed by atoms with Crippen molar-refractivity contribution >= 4 is 11.8 Å². The van der Waals surface area contributed by atoms with Crippen LogP contribution in [0.1, 0.15) is 51.9 Å². The maximum atomic E-state index is 11.2. The van der Waals surface area contributed by atoms with E-state index in [2.05, 4.69) is 6.92 Å². The molecule has 0 aromatic carbocycles. The maximum Gasteiger partial charge on any atom is 0.306 e. The Morgan fingerprint density at radius 1 is 1.12 bits per heavy atom. The van der Waals surface area contributed by atoms with Gasteiger partial charge in [-0.1, -0.05) is 6.92 Å². The molecule has 0 radical (unpaired) electrons. The number of aliphatic carboxylic acids is 1. The zero-order valence-corrected chi connectivity index (χ0v) is 10.5. The van der Waals surface area contributed by atoms with Crippen molar-refractivity contribution < 1.29 is 14.7 Å². The monoisotopic (exact) mass is 238 g/mol. The minimum absolute atomic E-state index is 0.142. The molecule has 2 aliphatic carbocycles. The molecule has 0 aromatic rings. The third-order valence-electron chi connectivity index (χ3n) is 4.78. The van der Waals surface area contributed by atoms with Crippen molar-refractivity contribution in [1.82, 2.24) is 0 Å². The summed E-state index contributed by atoms with van der Waals surface area (Å²) >= 11 is 0. The molecule has 0 bridgehead atoms. The van der Waals surface area contributed by atoms with E-state index in [1.54, 1.807) is 0 Å². The van der Waals surface area contributed by atoms with Crippen LogP contribution in [-0.2, 0) is 9.59 Å². The van der Waals surface area contributed by atoms with Gasteiger partial charge in [0.2, 0.25) is 0 Å². The summed E-state index contributed by atoms with van der Waals surface area (Å²) in [6, 6.07) is 0. The SMILES string of the molecule is C[C@@H]1C[C@H](C2CCC(=O)CC2)CC[C@H]1C(=O)O. The Morgan fingerprint density at radius 3 is 2.29 bits per heavy atom. The van der Waals surface area contributed by atoms with Gasteiger partial charge >= 0.3 is 5.97 Å². The number of carboxylic acid groups (broad SMARTS) is 1. The van der Waals surface area contributed by atoms with Gasteiger partial charge in [-0.2, -0.15) is 0 Å². The highest BCUT2D eigenvalue weighted by atomic mass is 16.4. The van der Waals surface area contributed by atoms with Gasteiger partial charge in [-0.15, -0.1) is 0 Å². The van der Waals surface area contributed by atoms with Gasteiger partial charge in [0, 0.05) is 12.8 Å². The van der Waals surface area contributed by atoms with E-state index in [1.807, 2.05) is 0 Å². The number of hydrogen-bond acceptors (Lipinski definition) is 2. The Hall–Kier alpha value is -0.860. The summed E-state index contributed by atoms with van der Waals surface area (Å²) in [5.74, 6) is 1.27. The van der Waals surface area contributed by atoms with Crippen LogP contribution in [0.4, 0.5) is 0 Å². The fraction of sp³-hybridized carbons (Fsp3) is 0.857. The van der Waals surface area contributed by atoms with Crippen molar-refractivity contribution in [3.63, 3.8) is 0 Å². The Kier molecular flexibility index (Phi) is 3.85. The van der Waals surface area contributed by atoms with Crippen LogP contribution in [0.2, 0.25) is 0 Å². The van der Waals surface area contributed by atoms with E-state index in [1.165, 1.54) is 0 Å². The molecule has 0 amide bonds. The molecule has 0 saturated heterocycles. The molecule has 0 aliphatic heterocycles. The molecule has 1 N–H and O–H groups in total. The standard InChI is InChI=1S/C14H22O3/c1-9-8-11(4-7-13(9)14(16)17)10-2-5-12(15)6-3-10/h9-11,13H,2-8H2,1H3,(H,16,17)/t9-,11-,13-/m1/s1. The van der Waals surface area contributed by atoms with Gasteiger partial charge in [-0.25, -0.2) is 0 Å². The topological polar surface area (TPSA) is 54.4 Å². The van der Waals surface area contributed by atoms with E-state index >= 15 is 0 Å². The second kappa shape index (κ2) is 5.19. The Labute approximate surface area is 103 Å². The molecular formula is C14H22O3. The number of carboxylic acids is 1. The smallest absolute Gasteiger partial charge is 0.306 e. The van der Waals surface area contributed by atoms with Crippen LogP contribution < -0.4 is 0 Å². The van der Waals surface area contributed by atoms with Crippen molar-refractivity contribution in [2.45, 2.75) is 51.9 Å². The summed E-state index contributed by atoms with van der Waals surface area (Å²) in [7, 11) is 0. The molecule has 2 aliphatic rings. The Balaban J connectivity index is 1.88. The summed E-state index contributed by atoms with van der Waals surface area (Å²) < 4.78 is 0. The van der Waals surface area contributed by atoms with Gasteiger partial charge < -0.3 is 5.11 Å². The first kappa shape index (κ1) is 12.6. The third kappa shape index (κ3) is 2.88. The van der Waals surface area contributed by atoms with Gasteiger partial charge in [0.1, 0.15) is 5.78 Å². The van der Waals surface area contributed by atoms with E-state index < -0.39 is 5.97 Å². The summed E-state index contributed by atoms with van der Waals surface area (Å²) in [6.45, 7) is 2.07. The minimum Gasteiger partial charge on any atom is -0.481 e. The lowest BCUT2D eigenvalue weighted by atomic mass is 9.67. The molecule has 3 nitrogen and oxygen atoms in total. The molecule has 0 heterocycles. The molecule has 2 saturated carbocycles. The van der Waals surface area contributed by atoms with Gasteiger partial charge in [-0.3, -0.25) is 9.59 Å². The van der Waals surface area contributed by atoms with Crippen LogP contribution in [0.25, 0.3) is 0 Å².